The Morgan fingerprint density at radius 3 is 2.62 bits per heavy atom. The third-order valence-electron chi connectivity index (χ3n) is 2.26. The lowest BCUT2D eigenvalue weighted by molar-refractivity contribution is 0.368. The summed E-state index contributed by atoms with van der Waals surface area (Å²) in [5.74, 6) is -1.04. The van der Waals surface area contributed by atoms with Crippen molar-refractivity contribution in [3.63, 3.8) is 0 Å². The first kappa shape index (κ1) is 9.09. The SMILES string of the molecule is Fc1ccc(C2CCN2)c(F)c1Br. The predicted molar refractivity (Wildman–Crippen MR) is 49.4 cm³/mol. The van der Waals surface area contributed by atoms with E-state index in [0.29, 0.717) is 5.56 Å². The molecular weight excluding hydrogens is 240 g/mol. The highest BCUT2D eigenvalue weighted by molar-refractivity contribution is 9.10. The summed E-state index contributed by atoms with van der Waals surface area (Å²) in [5, 5.41) is 3.07. The molecule has 0 radical (unpaired) electrons. The van der Waals surface area contributed by atoms with Gasteiger partial charge in [0.1, 0.15) is 11.6 Å². The highest BCUT2D eigenvalue weighted by Gasteiger charge is 2.23. The largest absolute Gasteiger partial charge is 0.310 e. The molecule has 0 spiro atoms. The summed E-state index contributed by atoms with van der Waals surface area (Å²) in [6.45, 7) is 0.902. The van der Waals surface area contributed by atoms with Crippen LogP contribution >= 0.6 is 15.9 Å². The zero-order chi connectivity index (χ0) is 9.42. The monoisotopic (exact) mass is 247 g/mol. The van der Waals surface area contributed by atoms with Crippen LogP contribution in [0.2, 0.25) is 0 Å². The first-order valence-electron chi connectivity index (χ1n) is 4.07. The molecule has 2 rings (SSSR count). The summed E-state index contributed by atoms with van der Waals surface area (Å²) in [4.78, 5) is 0. The van der Waals surface area contributed by atoms with E-state index in [1.54, 1.807) is 0 Å². The molecule has 70 valence electrons. The van der Waals surface area contributed by atoms with E-state index >= 15 is 0 Å². The molecule has 1 nitrogen and oxygen atoms in total. The Kier molecular flexibility index (Phi) is 2.34. The van der Waals surface area contributed by atoms with Crippen LogP contribution in [0.3, 0.4) is 0 Å². The number of hydrogen-bond acceptors (Lipinski definition) is 1. The Hall–Kier alpha value is -0.480. The summed E-state index contributed by atoms with van der Waals surface area (Å²) in [7, 11) is 0. The molecule has 4 heteroatoms. The molecule has 1 heterocycles. The maximum absolute atomic E-state index is 13.4. The van der Waals surface area contributed by atoms with Crippen LogP contribution in [-0.2, 0) is 0 Å². The average molecular weight is 248 g/mol. The van der Waals surface area contributed by atoms with E-state index in [0.717, 1.165) is 13.0 Å². The van der Waals surface area contributed by atoms with Crippen LogP contribution in [0.1, 0.15) is 18.0 Å². The van der Waals surface area contributed by atoms with E-state index in [2.05, 4.69) is 21.2 Å². The van der Waals surface area contributed by atoms with Crippen molar-refractivity contribution in [3.05, 3.63) is 33.8 Å². The molecule has 0 saturated carbocycles. The Bertz CT molecular complexity index is 337. The summed E-state index contributed by atoms with van der Waals surface area (Å²) >= 11 is 2.87. The highest BCUT2D eigenvalue weighted by Crippen LogP contribution is 2.30. The van der Waals surface area contributed by atoms with Gasteiger partial charge in [0.2, 0.25) is 0 Å². The predicted octanol–water partition coefficient (Wildman–Crippen LogP) is 2.76. The standard InChI is InChI=1S/C9H8BrF2N/c10-8-6(11)2-1-5(9(8)12)7-3-4-13-7/h1-2,7,13H,3-4H2. The third kappa shape index (κ3) is 1.48. The third-order valence-corrected chi connectivity index (χ3v) is 2.99. The van der Waals surface area contributed by atoms with Gasteiger partial charge in [0.15, 0.2) is 0 Å². The van der Waals surface area contributed by atoms with Crippen molar-refractivity contribution < 1.29 is 8.78 Å². The molecule has 1 aromatic carbocycles. The minimum absolute atomic E-state index is 0.0527. The number of nitrogens with one attached hydrogen (secondary N) is 1. The lowest BCUT2D eigenvalue weighted by Crippen LogP contribution is -2.35. The summed E-state index contributed by atoms with van der Waals surface area (Å²) in [6, 6.07) is 2.83. The Morgan fingerprint density at radius 1 is 1.38 bits per heavy atom. The molecule has 1 unspecified atom stereocenters. The Labute approximate surface area is 83.3 Å². The zero-order valence-electron chi connectivity index (χ0n) is 6.78. The smallest absolute Gasteiger partial charge is 0.145 e. The van der Waals surface area contributed by atoms with Crippen molar-refractivity contribution in [2.75, 3.05) is 6.54 Å². The molecule has 1 aromatic rings. The van der Waals surface area contributed by atoms with E-state index in [-0.39, 0.29) is 10.5 Å². The maximum Gasteiger partial charge on any atom is 0.145 e. The van der Waals surface area contributed by atoms with Crippen LogP contribution in [-0.4, -0.2) is 6.54 Å². The second kappa shape index (κ2) is 3.35. The van der Waals surface area contributed by atoms with Gasteiger partial charge in [0, 0.05) is 11.6 Å². The minimum Gasteiger partial charge on any atom is -0.310 e. The molecule has 0 aliphatic carbocycles. The first-order valence-corrected chi connectivity index (χ1v) is 4.86. The topological polar surface area (TPSA) is 12.0 Å². The number of benzene rings is 1. The highest BCUT2D eigenvalue weighted by atomic mass is 79.9. The molecule has 0 amide bonds. The van der Waals surface area contributed by atoms with Crippen molar-refractivity contribution in [1.82, 2.24) is 5.32 Å². The van der Waals surface area contributed by atoms with Gasteiger partial charge in [-0.3, -0.25) is 0 Å². The molecular formula is C9H8BrF2N. The van der Waals surface area contributed by atoms with Crippen LogP contribution in [0.5, 0.6) is 0 Å². The quantitative estimate of drug-likeness (QED) is 0.753. The van der Waals surface area contributed by atoms with Gasteiger partial charge in [-0.05, 0) is 35.0 Å². The molecule has 1 atom stereocenters. The molecule has 1 aliphatic rings. The molecule has 1 N–H and O–H groups in total. The Balaban J connectivity index is 2.41. The van der Waals surface area contributed by atoms with Crippen LogP contribution in [0.15, 0.2) is 16.6 Å². The normalized spacial score (nSPS) is 21.3. The molecule has 1 fully saturated rings. The van der Waals surface area contributed by atoms with Gasteiger partial charge in [0.25, 0.3) is 0 Å². The van der Waals surface area contributed by atoms with Crippen molar-refractivity contribution in [2.24, 2.45) is 0 Å². The fourth-order valence-electron chi connectivity index (χ4n) is 1.36. The van der Waals surface area contributed by atoms with E-state index in [1.165, 1.54) is 12.1 Å². The fraction of sp³-hybridized carbons (Fsp3) is 0.333. The second-order valence-corrected chi connectivity index (χ2v) is 3.85. The van der Waals surface area contributed by atoms with E-state index in [4.69, 9.17) is 0 Å². The van der Waals surface area contributed by atoms with Gasteiger partial charge in [-0.15, -0.1) is 0 Å². The number of rotatable bonds is 1. The van der Waals surface area contributed by atoms with Gasteiger partial charge in [0.05, 0.1) is 4.47 Å². The van der Waals surface area contributed by atoms with Crippen LogP contribution in [0.4, 0.5) is 8.78 Å². The first-order chi connectivity index (χ1) is 6.20. The molecule has 13 heavy (non-hydrogen) atoms. The van der Waals surface area contributed by atoms with E-state index in [9.17, 15) is 8.78 Å². The van der Waals surface area contributed by atoms with Crippen LogP contribution < -0.4 is 5.32 Å². The summed E-state index contributed by atoms with van der Waals surface area (Å²) in [5.41, 5.74) is 0.541. The minimum atomic E-state index is -0.555. The molecule has 1 saturated heterocycles. The lowest BCUT2D eigenvalue weighted by atomic mass is 9.97. The van der Waals surface area contributed by atoms with Gasteiger partial charge in [-0.2, -0.15) is 0 Å². The molecule has 1 aliphatic heterocycles. The van der Waals surface area contributed by atoms with Crippen LogP contribution in [0.25, 0.3) is 0 Å². The number of halogens is 3. The van der Waals surface area contributed by atoms with Crippen molar-refractivity contribution in [1.29, 1.82) is 0 Å². The zero-order valence-corrected chi connectivity index (χ0v) is 8.37. The van der Waals surface area contributed by atoms with Crippen molar-refractivity contribution in [2.45, 2.75) is 12.5 Å². The second-order valence-electron chi connectivity index (χ2n) is 3.06. The Morgan fingerprint density at radius 2 is 2.08 bits per heavy atom. The van der Waals surface area contributed by atoms with Gasteiger partial charge in [-0.25, -0.2) is 8.78 Å². The van der Waals surface area contributed by atoms with Crippen LogP contribution in [0, 0.1) is 11.6 Å². The van der Waals surface area contributed by atoms with Crippen molar-refractivity contribution in [3.8, 4) is 0 Å². The number of hydrogen-bond donors (Lipinski definition) is 1. The van der Waals surface area contributed by atoms with Gasteiger partial charge < -0.3 is 5.32 Å². The lowest BCUT2D eigenvalue weighted by Gasteiger charge is -2.28. The molecule has 0 aromatic heterocycles. The maximum atomic E-state index is 13.4. The van der Waals surface area contributed by atoms with Gasteiger partial charge in [-0.1, -0.05) is 6.07 Å². The van der Waals surface area contributed by atoms with Crippen molar-refractivity contribution >= 4 is 15.9 Å². The summed E-state index contributed by atoms with van der Waals surface area (Å²) < 4.78 is 26.2. The average Bonchev–Trinajstić information content (AvgIpc) is 2.03. The molecule has 0 bridgehead atoms. The summed E-state index contributed by atoms with van der Waals surface area (Å²) in [6.07, 6.45) is 0.912. The van der Waals surface area contributed by atoms with E-state index in [1.807, 2.05) is 0 Å². The van der Waals surface area contributed by atoms with E-state index < -0.39 is 11.6 Å². The van der Waals surface area contributed by atoms with Gasteiger partial charge >= 0.3 is 0 Å². The fourth-order valence-corrected chi connectivity index (χ4v) is 1.73.